The Morgan fingerprint density at radius 1 is 1.12 bits per heavy atom. The van der Waals surface area contributed by atoms with Gasteiger partial charge in [-0.1, -0.05) is 12.1 Å². The van der Waals surface area contributed by atoms with Crippen LogP contribution >= 0.6 is 0 Å². The zero-order chi connectivity index (χ0) is 24.4. The highest BCUT2D eigenvalue weighted by molar-refractivity contribution is 5.85. The molecule has 2 rings (SSSR count). The fraction of sp³-hybridized carbons (Fsp3) is 0.550. The summed E-state index contributed by atoms with van der Waals surface area (Å²) in [7, 11) is 1.28. The Bertz CT molecular complexity index is 790. The van der Waals surface area contributed by atoms with E-state index in [1.54, 1.807) is 0 Å². The number of aliphatic hydroxyl groups excluding tert-OH is 1. The van der Waals surface area contributed by atoms with Crippen molar-refractivity contribution in [3.05, 3.63) is 29.8 Å². The first-order valence-electron chi connectivity index (χ1n) is 10.1. The molecule has 11 nitrogen and oxygen atoms in total. The third-order valence-corrected chi connectivity index (χ3v) is 4.79. The van der Waals surface area contributed by atoms with Gasteiger partial charge in [0.25, 0.3) is 0 Å². The maximum absolute atomic E-state index is 12.4. The van der Waals surface area contributed by atoms with Gasteiger partial charge in [0.1, 0.15) is 18.1 Å². The third-order valence-electron chi connectivity index (χ3n) is 4.79. The quantitative estimate of drug-likeness (QED) is 0.299. The number of aliphatic carboxylic acids is 1. The molecule has 0 saturated carbocycles. The smallest absolute Gasteiger partial charge is 0.387 e. The number of morpholine rings is 1. The molecule has 4 N–H and O–H groups in total. The number of hydrogen-bond donors (Lipinski definition) is 4. The van der Waals surface area contributed by atoms with Crippen molar-refractivity contribution in [2.45, 2.75) is 31.4 Å². The van der Waals surface area contributed by atoms with E-state index in [2.05, 4.69) is 15.4 Å². The van der Waals surface area contributed by atoms with Gasteiger partial charge in [-0.15, -0.1) is 0 Å². The predicted molar refractivity (Wildman–Crippen MR) is 108 cm³/mol. The number of rotatable bonds is 12. The van der Waals surface area contributed by atoms with Crippen molar-refractivity contribution >= 4 is 17.8 Å². The van der Waals surface area contributed by atoms with Crippen LogP contribution < -0.4 is 15.4 Å². The van der Waals surface area contributed by atoms with Gasteiger partial charge in [-0.25, -0.2) is 4.79 Å². The molecule has 184 valence electrons. The number of carbonyl (C=O) groups excluding carboxylic acids is 2. The van der Waals surface area contributed by atoms with Crippen LogP contribution in [0.3, 0.4) is 0 Å². The lowest BCUT2D eigenvalue weighted by Gasteiger charge is -2.27. The summed E-state index contributed by atoms with van der Waals surface area (Å²) in [6.07, 6.45) is -3.09. The van der Waals surface area contributed by atoms with E-state index in [1.807, 2.05) is 4.90 Å². The highest BCUT2D eigenvalue weighted by atomic mass is 19.3. The highest BCUT2D eigenvalue weighted by Crippen LogP contribution is 2.22. The number of halogens is 2. The summed E-state index contributed by atoms with van der Waals surface area (Å²) in [5, 5.41) is 24.5. The van der Waals surface area contributed by atoms with Gasteiger partial charge in [-0.2, -0.15) is 8.78 Å². The first-order chi connectivity index (χ1) is 15.7. The van der Waals surface area contributed by atoms with E-state index >= 15 is 0 Å². The summed E-state index contributed by atoms with van der Waals surface area (Å²) in [5.41, 5.74) is 0.0615. The second-order valence-corrected chi connectivity index (χ2v) is 7.16. The molecule has 3 atom stereocenters. The van der Waals surface area contributed by atoms with Crippen LogP contribution in [0.25, 0.3) is 0 Å². The summed E-state index contributed by atoms with van der Waals surface area (Å²) in [4.78, 5) is 38.0. The summed E-state index contributed by atoms with van der Waals surface area (Å²) >= 11 is 0. The van der Waals surface area contributed by atoms with Gasteiger partial charge in [0.05, 0.1) is 26.2 Å². The standard InChI is InChI=1S/C20H27F2N3O8/c1-31-16(23-15(27)11-25-6-8-32-9-7-25)10-14(26)24-17(19(29)30)18(28)12-2-4-13(5-3-12)33-20(21)22/h2-5,16-18,20,28H,6-11H2,1H3,(H,23,27)(H,24,26)(H,29,30)/t16-,17-,18+/m0/s1. The molecule has 13 heteroatoms. The lowest BCUT2D eigenvalue weighted by atomic mass is 10.0. The van der Waals surface area contributed by atoms with Gasteiger partial charge in [-0.3, -0.25) is 14.5 Å². The Morgan fingerprint density at radius 2 is 1.76 bits per heavy atom. The van der Waals surface area contributed by atoms with E-state index in [0.29, 0.717) is 26.3 Å². The van der Waals surface area contributed by atoms with Crippen LogP contribution in [0, 0.1) is 0 Å². The minimum atomic E-state index is -3.03. The fourth-order valence-electron chi connectivity index (χ4n) is 3.10. The Morgan fingerprint density at radius 3 is 2.30 bits per heavy atom. The molecule has 0 unspecified atom stereocenters. The fourth-order valence-corrected chi connectivity index (χ4v) is 3.10. The number of hydrogen-bond acceptors (Lipinski definition) is 8. The van der Waals surface area contributed by atoms with Crippen molar-refractivity contribution in [3.63, 3.8) is 0 Å². The van der Waals surface area contributed by atoms with E-state index in [9.17, 15) is 33.4 Å². The summed E-state index contributed by atoms with van der Waals surface area (Å²) in [6, 6.07) is 2.94. The molecule has 1 saturated heterocycles. The van der Waals surface area contributed by atoms with E-state index in [4.69, 9.17) is 9.47 Å². The molecule has 0 aromatic heterocycles. The van der Waals surface area contributed by atoms with E-state index in [1.165, 1.54) is 19.2 Å². The van der Waals surface area contributed by atoms with Crippen LogP contribution in [0.2, 0.25) is 0 Å². The Labute approximate surface area is 188 Å². The van der Waals surface area contributed by atoms with Gasteiger partial charge in [0.2, 0.25) is 11.8 Å². The Kier molecular flexibility index (Phi) is 10.4. The van der Waals surface area contributed by atoms with Crippen molar-refractivity contribution in [2.24, 2.45) is 0 Å². The number of methoxy groups -OCH3 is 1. The molecule has 1 aromatic rings. The number of nitrogens with zero attached hydrogens (tertiary/aromatic N) is 1. The molecule has 0 bridgehead atoms. The topological polar surface area (TPSA) is 147 Å². The second kappa shape index (κ2) is 13.0. The first kappa shape index (κ1) is 26.4. The molecule has 0 spiro atoms. The van der Waals surface area contributed by atoms with Crippen LogP contribution in [0.1, 0.15) is 18.1 Å². The van der Waals surface area contributed by atoms with Crippen LogP contribution in [0.5, 0.6) is 5.75 Å². The van der Waals surface area contributed by atoms with Gasteiger partial charge >= 0.3 is 12.6 Å². The van der Waals surface area contributed by atoms with Crippen LogP contribution in [-0.2, 0) is 23.9 Å². The van der Waals surface area contributed by atoms with Crippen molar-refractivity contribution in [2.75, 3.05) is 40.0 Å². The van der Waals surface area contributed by atoms with Crippen molar-refractivity contribution in [1.82, 2.24) is 15.5 Å². The predicted octanol–water partition coefficient (Wildman–Crippen LogP) is -0.298. The van der Waals surface area contributed by atoms with Gasteiger partial charge in [0.15, 0.2) is 6.04 Å². The maximum atomic E-state index is 12.4. The lowest BCUT2D eigenvalue weighted by molar-refractivity contribution is -0.146. The minimum absolute atomic E-state index is 0.0615. The molecule has 1 heterocycles. The molecule has 33 heavy (non-hydrogen) atoms. The summed E-state index contributed by atoms with van der Waals surface area (Å²) < 4.78 is 39.0. The van der Waals surface area contributed by atoms with Crippen LogP contribution in [0.4, 0.5) is 8.78 Å². The Hall–Kier alpha value is -2.87. The molecule has 2 amide bonds. The van der Waals surface area contributed by atoms with E-state index in [-0.39, 0.29) is 23.8 Å². The first-order valence-corrected chi connectivity index (χ1v) is 10.1. The van der Waals surface area contributed by atoms with Gasteiger partial charge in [0, 0.05) is 20.2 Å². The summed E-state index contributed by atoms with van der Waals surface area (Å²) in [5.74, 6) is -2.86. The maximum Gasteiger partial charge on any atom is 0.387 e. The zero-order valence-corrected chi connectivity index (χ0v) is 17.9. The molecule has 0 radical (unpaired) electrons. The average molecular weight is 475 g/mol. The molecular formula is C20H27F2N3O8. The normalized spacial score (nSPS) is 17.1. The Balaban J connectivity index is 1.91. The summed E-state index contributed by atoms with van der Waals surface area (Å²) in [6.45, 7) is -0.714. The van der Waals surface area contributed by atoms with Gasteiger partial charge in [-0.05, 0) is 17.7 Å². The highest BCUT2D eigenvalue weighted by Gasteiger charge is 2.30. The van der Waals surface area contributed by atoms with E-state index in [0.717, 1.165) is 12.1 Å². The number of amides is 2. The molecule has 1 fully saturated rings. The van der Waals surface area contributed by atoms with Crippen molar-refractivity contribution in [3.8, 4) is 5.75 Å². The molecule has 1 aliphatic heterocycles. The van der Waals surface area contributed by atoms with E-state index < -0.39 is 43.3 Å². The SMILES string of the molecule is CO[C@@H](CC(=O)N[C@H](C(=O)O)[C@H](O)c1ccc(OC(F)F)cc1)NC(=O)CN1CCOCC1. The molecule has 0 aliphatic carbocycles. The molecule has 1 aromatic carbocycles. The number of aliphatic hydroxyl groups is 1. The number of nitrogens with one attached hydrogen (secondary N) is 2. The van der Waals surface area contributed by atoms with Crippen molar-refractivity contribution in [1.29, 1.82) is 0 Å². The molecule has 1 aliphatic rings. The second-order valence-electron chi connectivity index (χ2n) is 7.16. The number of carbonyl (C=O) groups is 3. The lowest BCUT2D eigenvalue weighted by Crippen LogP contribution is -2.49. The average Bonchev–Trinajstić information content (AvgIpc) is 2.77. The van der Waals surface area contributed by atoms with Gasteiger partial charge < -0.3 is 35.1 Å². The third kappa shape index (κ3) is 8.88. The zero-order valence-electron chi connectivity index (χ0n) is 17.9. The van der Waals surface area contributed by atoms with Crippen LogP contribution in [0.15, 0.2) is 24.3 Å². The number of carboxylic acid groups (broad SMARTS) is 1. The number of alkyl halides is 2. The monoisotopic (exact) mass is 475 g/mol. The minimum Gasteiger partial charge on any atom is -0.480 e. The number of benzene rings is 1. The largest absolute Gasteiger partial charge is 0.480 e. The van der Waals surface area contributed by atoms with Crippen molar-refractivity contribution < 1.29 is 47.6 Å². The number of ether oxygens (including phenoxy) is 3. The molecular weight excluding hydrogens is 448 g/mol. The van der Waals surface area contributed by atoms with Crippen LogP contribution in [-0.4, -0.2) is 91.7 Å². The number of carboxylic acids is 1.